The van der Waals surface area contributed by atoms with Crippen LogP contribution in [0, 0.1) is 0 Å². The van der Waals surface area contributed by atoms with E-state index in [0.717, 1.165) is 5.69 Å². The zero-order valence-electron chi connectivity index (χ0n) is 7.51. The fourth-order valence-electron chi connectivity index (χ4n) is 1.11. The van der Waals surface area contributed by atoms with Gasteiger partial charge in [-0.25, -0.2) is 4.98 Å². The molecule has 4 heteroatoms. The highest BCUT2D eigenvalue weighted by atomic mass is 15.0. The number of benzene rings is 1. The molecule has 0 saturated heterocycles. The van der Waals surface area contributed by atoms with Crippen LogP contribution in [0.5, 0.6) is 0 Å². The van der Waals surface area contributed by atoms with Crippen LogP contribution in [-0.4, -0.2) is 17.8 Å². The molecule has 0 aliphatic heterocycles. The smallest absolute Gasteiger partial charge is 0.142 e. The summed E-state index contributed by atoms with van der Waals surface area (Å²) in [5.41, 5.74) is 1.43. The van der Waals surface area contributed by atoms with E-state index >= 15 is 0 Å². The Labute approximate surface area is 83.6 Å². The average molecular weight is 181 g/mol. The highest BCUT2D eigenvalue weighted by Crippen LogP contribution is 2.10. The molecule has 0 aliphatic rings. The number of nitrogens with one attached hydrogen (secondary N) is 1. The van der Waals surface area contributed by atoms with Crippen molar-refractivity contribution in [1.29, 1.82) is 0 Å². The van der Waals surface area contributed by atoms with Crippen molar-refractivity contribution >= 4 is 24.9 Å². The van der Waals surface area contributed by atoms with Gasteiger partial charge in [0.25, 0.3) is 0 Å². The van der Waals surface area contributed by atoms with Crippen LogP contribution in [0.25, 0.3) is 0 Å². The molecule has 14 heavy (non-hydrogen) atoms. The quantitative estimate of drug-likeness (QED) is 0.702. The van der Waals surface area contributed by atoms with Crippen LogP contribution in [0.1, 0.15) is 0 Å². The fraction of sp³-hybridized carbons (Fsp3) is 0. The summed E-state index contributed by atoms with van der Waals surface area (Å²) in [7, 11) is 5.52. The van der Waals surface area contributed by atoms with E-state index in [1.54, 1.807) is 6.07 Å². The van der Waals surface area contributed by atoms with E-state index < -0.39 is 0 Å². The number of aromatic nitrogens is 2. The van der Waals surface area contributed by atoms with Gasteiger partial charge in [0.1, 0.15) is 20.0 Å². The molecule has 1 aromatic heterocycles. The van der Waals surface area contributed by atoms with Gasteiger partial charge in [-0.15, -0.1) is 0 Å². The normalized spacial score (nSPS) is 9.71. The molecule has 0 atom stereocenters. The SMILES string of the molecule is [B]c1cc(Nc2ccccc2)ncn1. The molecule has 0 bridgehead atoms. The summed E-state index contributed by atoms with van der Waals surface area (Å²) in [6.45, 7) is 0. The van der Waals surface area contributed by atoms with Gasteiger partial charge >= 0.3 is 0 Å². The summed E-state index contributed by atoms with van der Waals surface area (Å²) in [5.74, 6) is 0.698. The molecule has 0 fully saturated rings. The number of rotatable bonds is 2. The van der Waals surface area contributed by atoms with Crippen LogP contribution < -0.4 is 10.9 Å². The van der Waals surface area contributed by atoms with Gasteiger partial charge in [-0.3, -0.25) is 4.98 Å². The fourth-order valence-corrected chi connectivity index (χ4v) is 1.11. The third-order valence-electron chi connectivity index (χ3n) is 1.73. The minimum absolute atomic E-state index is 0.457. The van der Waals surface area contributed by atoms with Gasteiger partial charge in [0.05, 0.1) is 0 Å². The number of para-hydroxylation sites is 1. The Morgan fingerprint density at radius 2 is 1.86 bits per heavy atom. The summed E-state index contributed by atoms with van der Waals surface area (Å²) in [4.78, 5) is 7.84. The molecule has 2 aromatic rings. The van der Waals surface area contributed by atoms with Crippen molar-refractivity contribution in [2.24, 2.45) is 0 Å². The van der Waals surface area contributed by atoms with Crippen LogP contribution in [0.3, 0.4) is 0 Å². The van der Waals surface area contributed by atoms with Gasteiger partial charge < -0.3 is 5.32 Å². The van der Waals surface area contributed by atoms with Crippen molar-refractivity contribution in [3.63, 3.8) is 0 Å². The third kappa shape index (κ3) is 2.10. The van der Waals surface area contributed by atoms with Gasteiger partial charge in [0.15, 0.2) is 0 Å². The van der Waals surface area contributed by atoms with E-state index in [9.17, 15) is 0 Å². The van der Waals surface area contributed by atoms with Gasteiger partial charge in [-0.05, 0) is 23.8 Å². The molecule has 0 unspecified atom stereocenters. The molecule has 1 aromatic carbocycles. The number of anilines is 2. The molecule has 0 amide bonds. The molecule has 0 saturated carbocycles. The Morgan fingerprint density at radius 1 is 1.07 bits per heavy atom. The topological polar surface area (TPSA) is 37.8 Å². The van der Waals surface area contributed by atoms with Crippen molar-refractivity contribution in [3.8, 4) is 0 Å². The zero-order valence-corrected chi connectivity index (χ0v) is 7.51. The van der Waals surface area contributed by atoms with E-state index in [1.165, 1.54) is 6.33 Å². The van der Waals surface area contributed by atoms with Crippen LogP contribution in [-0.2, 0) is 0 Å². The third-order valence-corrected chi connectivity index (χ3v) is 1.73. The second kappa shape index (κ2) is 3.92. The Hall–Kier alpha value is -1.84. The Balaban J connectivity index is 2.19. The first-order valence-corrected chi connectivity index (χ1v) is 4.24. The molecule has 0 spiro atoms. The van der Waals surface area contributed by atoms with Gasteiger partial charge in [-0.2, -0.15) is 0 Å². The van der Waals surface area contributed by atoms with E-state index in [4.69, 9.17) is 7.85 Å². The van der Waals surface area contributed by atoms with Crippen molar-refractivity contribution in [3.05, 3.63) is 42.7 Å². The number of hydrogen-bond acceptors (Lipinski definition) is 3. The van der Waals surface area contributed by atoms with E-state index in [-0.39, 0.29) is 0 Å². The molecule has 1 N–H and O–H groups in total. The maximum Gasteiger partial charge on any atom is 0.142 e. The first-order valence-electron chi connectivity index (χ1n) is 4.24. The van der Waals surface area contributed by atoms with Crippen LogP contribution in [0.4, 0.5) is 11.5 Å². The summed E-state index contributed by atoms with van der Waals surface area (Å²) in [6, 6.07) is 11.5. The first-order chi connectivity index (χ1) is 6.84. The molecule has 2 rings (SSSR count). The largest absolute Gasteiger partial charge is 0.340 e. The summed E-state index contributed by atoms with van der Waals surface area (Å²) >= 11 is 0. The predicted octanol–water partition coefficient (Wildman–Crippen LogP) is 1.01. The molecule has 2 radical (unpaired) electrons. The highest BCUT2D eigenvalue weighted by Gasteiger charge is 1.94. The van der Waals surface area contributed by atoms with Gasteiger partial charge in [0.2, 0.25) is 0 Å². The minimum Gasteiger partial charge on any atom is -0.340 e. The van der Waals surface area contributed by atoms with E-state index in [2.05, 4.69) is 15.3 Å². The van der Waals surface area contributed by atoms with E-state index in [0.29, 0.717) is 11.4 Å². The standard InChI is InChI=1S/C10H8BN3/c11-9-6-10(13-7-12-9)14-8-4-2-1-3-5-8/h1-7H,(H,12,13,14). The lowest BCUT2D eigenvalue weighted by atomic mass is 10.1. The molecular formula is C10H8BN3. The van der Waals surface area contributed by atoms with Crippen molar-refractivity contribution in [2.45, 2.75) is 0 Å². The van der Waals surface area contributed by atoms with Crippen molar-refractivity contribution < 1.29 is 0 Å². The zero-order chi connectivity index (χ0) is 9.80. The number of hydrogen-bond donors (Lipinski definition) is 1. The summed E-state index contributed by atoms with van der Waals surface area (Å²) in [5, 5.41) is 3.11. The Bertz CT molecular complexity index is 417. The summed E-state index contributed by atoms with van der Waals surface area (Å²) < 4.78 is 0. The molecule has 1 heterocycles. The lowest BCUT2D eigenvalue weighted by Crippen LogP contribution is -2.09. The van der Waals surface area contributed by atoms with Crippen LogP contribution in [0.15, 0.2) is 42.7 Å². The Kier molecular flexibility index (Phi) is 2.45. The van der Waals surface area contributed by atoms with Crippen molar-refractivity contribution in [1.82, 2.24) is 9.97 Å². The van der Waals surface area contributed by atoms with Crippen molar-refractivity contribution in [2.75, 3.05) is 5.32 Å². The Morgan fingerprint density at radius 3 is 2.57 bits per heavy atom. The monoisotopic (exact) mass is 181 g/mol. The van der Waals surface area contributed by atoms with E-state index in [1.807, 2.05) is 30.3 Å². The lowest BCUT2D eigenvalue weighted by Gasteiger charge is -2.04. The predicted molar refractivity (Wildman–Crippen MR) is 57.1 cm³/mol. The molecule has 66 valence electrons. The number of nitrogens with zero attached hydrogens (tertiary/aromatic N) is 2. The highest BCUT2D eigenvalue weighted by molar-refractivity contribution is 6.30. The molecule has 0 aliphatic carbocycles. The van der Waals surface area contributed by atoms with Crippen LogP contribution >= 0.6 is 0 Å². The second-order valence-electron chi connectivity index (χ2n) is 2.82. The maximum atomic E-state index is 5.52. The van der Waals surface area contributed by atoms with Gasteiger partial charge in [-0.1, -0.05) is 18.2 Å². The minimum atomic E-state index is 0.457. The average Bonchev–Trinajstić information content (AvgIpc) is 2.19. The summed E-state index contributed by atoms with van der Waals surface area (Å²) in [6.07, 6.45) is 1.43. The van der Waals surface area contributed by atoms with Gasteiger partial charge in [0, 0.05) is 5.69 Å². The van der Waals surface area contributed by atoms with Crippen LogP contribution in [0.2, 0.25) is 0 Å². The first kappa shape index (κ1) is 8.75. The second-order valence-corrected chi connectivity index (χ2v) is 2.82. The molecular weight excluding hydrogens is 173 g/mol. The molecule has 3 nitrogen and oxygen atoms in total. The maximum absolute atomic E-state index is 5.52. The lowest BCUT2D eigenvalue weighted by molar-refractivity contribution is 1.20.